The van der Waals surface area contributed by atoms with Gasteiger partial charge >= 0.3 is 0 Å². The van der Waals surface area contributed by atoms with E-state index in [0.717, 1.165) is 5.92 Å². The summed E-state index contributed by atoms with van der Waals surface area (Å²) in [5.41, 5.74) is 1.67. The Balaban J connectivity index is 1.68. The van der Waals surface area contributed by atoms with Crippen molar-refractivity contribution in [3.8, 4) is 0 Å². The minimum atomic E-state index is 0.607. The van der Waals surface area contributed by atoms with Gasteiger partial charge in [-0.25, -0.2) is 0 Å². The summed E-state index contributed by atoms with van der Waals surface area (Å²) in [5, 5.41) is 3.60. The molecule has 1 heterocycles. The van der Waals surface area contributed by atoms with E-state index in [1.165, 1.54) is 70.6 Å². The summed E-state index contributed by atoms with van der Waals surface area (Å²) in [6, 6.07) is 3.14. The Labute approximate surface area is 128 Å². The molecule has 1 aromatic rings. The molecule has 112 valence electrons. The highest BCUT2D eigenvalue weighted by Crippen LogP contribution is 2.37. The van der Waals surface area contributed by atoms with Gasteiger partial charge in [-0.3, -0.25) is 0 Å². The van der Waals surface area contributed by atoms with Crippen molar-refractivity contribution in [2.45, 2.75) is 76.7 Å². The second-order valence-corrected chi connectivity index (χ2v) is 7.91. The summed E-state index contributed by atoms with van der Waals surface area (Å²) >= 11 is 2.11. The second kappa shape index (κ2) is 7.09. The molecule has 0 aromatic carbocycles. The summed E-state index contributed by atoms with van der Waals surface area (Å²) in [7, 11) is 2.15. The fraction of sp³-hybridized carbons (Fsp3) is 0.778. The van der Waals surface area contributed by atoms with Crippen molar-refractivity contribution in [1.82, 2.24) is 5.32 Å². The third kappa shape index (κ3) is 3.46. The largest absolute Gasteiger partial charge is 0.312 e. The summed E-state index contributed by atoms with van der Waals surface area (Å²) in [6.07, 6.45) is 15.6. The molecule has 0 aliphatic heterocycles. The molecule has 3 rings (SSSR count). The fourth-order valence-electron chi connectivity index (χ4n) is 3.99. The van der Waals surface area contributed by atoms with Gasteiger partial charge in [0.2, 0.25) is 0 Å². The van der Waals surface area contributed by atoms with E-state index in [0.29, 0.717) is 6.04 Å². The lowest BCUT2D eigenvalue weighted by Crippen LogP contribution is -2.20. The van der Waals surface area contributed by atoms with Crippen LogP contribution in [0.3, 0.4) is 0 Å². The Morgan fingerprint density at radius 2 is 1.85 bits per heavy atom. The van der Waals surface area contributed by atoms with Crippen LogP contribution in [-0.4, -0.2) is 7.05 Å². The lowest BCUT2D eigenvalue weighted by atomic mass is 9.84. The third-order valence-electron chi connectivity index (χ3n) is 5.25. The van der Waals surface area contributed by atoms with Crippen LogP contribution in [0.25, 0.3) is 0 Å². The second-order valence-electron chi connectivity index (χ2n) is 6.74. The molecular weight excluding hydrogens is 262 g/mol. The van der Waals surface area contributed by atoms with E-state index in [1.54, 1.807) is 15.3 Å². The highest BCUT2D eigenvalue weighted by Gasteiger charge is 2.22. The lowest BCUT2D eigenvalue weighted by molar-refractivity contribution is 0.307. The smallest absolute Gasteiger partial charge is 0.0415 e. The Bertz CT molecular complexity index is 394. The molecule has 0 bridgehead atoms. The molecular formula is C18H29NS. The van der Waals surface area contributed by atoms with Crippen LogP contribution < -0.4 is 5.32 Å². The molecule has 2 heteroatoms. The van der Waals surface area contributed by atoms with E-state index < -0.39 is 0 Å². The van der Waals surface area contributed by atoms with E-state index in [9.17, 15) is 0 Å². The minimum Gasteiger partial charge on any atom is -0.312 e. The van der Waals surface area contributed by atoms with Crippen LogP contribution in [0, 0.1) is 5.92 Å². The molecule has 0 spiro atoms. The molecule has 1 aromatic heterocycles. The van der Waals surface area contributed by atoms with Gasteiger partial charge in [0, 0.05) is 15.8 Å². The first kappa shape index (κ1) is 14.6. The van der Waals surface area contributed by atoms with Gasteiger partial charge in [0.05, 0.1) is 0 Å². The molecule has 0 saturated heterocycles. The number of hydrogen-bond donors (Lipinski definition) is 1. The van der Waals surface area contributed by atoms with Crippen molar-refractivity contribution in [1.29, 1.82) is 0 Å². The number of rotatable bonds is 4. The summed E-state index contributed by atoms with van der Waals surface area (Å²) in [5.74, 6) is 0.961. The minimum absolute atomic E-state index is 0.607. The van der Waals surface area contributed by atoms with Crippen LogP contribution in [0.15, 0.2) is 6.07 Å². The predicted octanol–water partition coefficient (Wildman–Crippen LogP) is 5.25. The number of nitrogens with one attached hydrogen (secondary N) is 1. The predicted molar refractivity (Wildman–Crippen MR) is 88.6 cm³/mol. The first-order valence-corrected chi connectivity index (χ1v) is 9.47. The maximum Gasteiger partial charge on any atom is 0.0415 e. The average Bonchev–Trinajstić information content (AvgIpc) is 2.76. The van der Waals surface area contributed by atoms with Gasteiger partial charge in [0.15, 0.2) is 0 Å². The van der Waals surface area contributed by atoms with E-state index in [4.69, 9.17) is 0 Å². The maximum absolute atomic E-state index is 3.60. The van der Waals surface area contributed by atoms with E-state index in [-0.39, 0.29) is 0 Å². The highest BCUT2D eigenvalue weighted by molar-refractivity contribution is 7.12. The van der Waals surface area contributed by atoms with Gasteiger partial charge < -0.3 is 5.32 Å². The molecule has 0 amide bonds. The van der Waals surface area contributed by atoms with Crippen molar-refractivity contribution in [3.05, 3.63) is 21.4 Å². The van der Waals surface area contributed by atoms with E-state index in [2.05, 4.69) is 29.8 Å². The zero-order valence-electron chi connectivity index (χ0n) is 12.9. The van der Waals surface area contributed by atoms with E-state index in [1.807, 2.05) is 0 Å². The van der Waals surface area contributed by atoms with Crippen LogP contribution in [0.4, 0.5) is 0 Å². The molecule has 1 unspecified atom stereocenters. The zero-order chi connectivity index (χ0) is 13.8. The molecule has 1 nitrogen and oxygen atoms in total. The van der Waals surface area contributed by atoms with Crippen molar-refractivity contribution >= 4 is 11.3 Å². The van der Waals surface area contributed by atoms with Crippen molar-refractivity contribution in [3.63, 3.8) is 0 Å². The van der Waals surface area contributed by atoms with Gasteiger partial charge in [0.25, 0.3) is 0 Å². The summed E-state index contributed by atoms with van der Waals surface area (Å²) in [4.78, 5) is 3.31. The fourth-order valence-corrected chi connectivity index (χ4v) is 5.38. The maximum atomic E-state index is 3.60. The molecule has 0 radical (unpaired) electrons. The number of thiophene rings is 1. The van der Waals surface area contributed by atoms with Gasteiger partial charge in [-0.1, -0.05) is 38.5 Å². The zero-order valence-corrected chi connectivity index (χ0v) is 13.7. The van der Waals surface area contributed by atoms with Crippen LogP contribution in [0.5, 0.6) is 0 Å². The molecule has 2 aliphatic rings. The molecule has 1 N–H and O–H groups in total. The standard InChI is InChI=1S/C18H29NS/c1-19-16(12-14-8-4-2-5-9-14)18-13-15-10-6-3-7-11-17(15)20-18/h13-14,16,19H,2-12H2,1H3. The molecule has 1 atom stereocenters. The normalized spacial score (nSPS) is 22.2. The van der Waals surface area contributed by atoms with Gasteiger partial charge in [-0.15, -0.1) is 11.3 Å². The van der Waals surface area contributed by atoms with Gasteiger partial charge in [0.1, 0.15) is 0 Å². The highest BCUT2D eigenvalue weighted by atomic mass is 32.1. The molecule has 1 fully saturated rings. The monoisotopic (exact) mass is 291 g/mol. The topological polar surface area (TPSA) is 12.0 Å². The van der Waals surface area contributed by atoms with Crippen molar-refractivity contribution in [2.24, 2.45) is 5.92 Å². The number of aryl methyl sites for hydroxylation is 2. The first-order valence-electron chi connectivity index (χ1n) is 8.65. The van der Waals surface area contributed by atoms with Crippen LogP contribution in [0.2, 0.25) is 0 Å². The molecule has 2 aliphatic carbocycles. The van der Waals surface area contributed by atoms with Crippen LogP contribution in [-0.2, 0) is 12.8 Å². The molecule has 1 saturated carbocycles. The first-order chi connectivity index (χ1) is 9.86. The summed E-state index contributed by atoms with van der Waals surface area (Å²) in [6.45, 7) is 0. The lowest BCUT2D eigenvalue weighted by Gasteiger charge is -2.25. The molecule has 20 heavy (non-hydrogen) atoms. The van der Waals surface area contributed by atoms with Crippen molar-refractivity contribution in [2.75, 3.05) is 7.05 Å². The Morgan fingerprint density at radius 1 is 1.10 bits per heavy atom. The Hall–Kier alpha value is -0.340. The Kier molecular flexibility index (Phi) is 5.17. The van der Waals surface area contributed by atoms with E-state index >= 15 is 0 Å². The average molecular weight is 292 g/mol. The summed E-state index contributed by atoms with van der Waals surface area (Å²) < 4.78 is 0. The van der Waals surface area contributed by atoms with Crippen LogP contribution >= 0.6 is 11.3 Å². The number of hydrogen-bond acceptors (Lipinski definition) is 2. The quantitative estimate of drug-likeness (QED) is 0.747. The third-order valence-corrected chi connectivity index (χ3v) is 6.60. The van der Waals surface area contributed by atoms with Crippen molar-refractivity contribution < 1.29 is 0 Å². The SMILES string of the molecule is CNC(CC1CCCCC1)c1cc2c(s1)CCCCC2. The van der Waals surface area contributed by atoms with Gasteiger partial charge in [-0.2, -0.15) is 0 Å². The van der Waals surface area contributed by atoms with Crippen LogP contribution in [0.1, 0.15) is 79.1 Å². The Morgan fingerprint density at radius 3 is 2.65 bits per heavy atom. The van der Waals surface area contributed by atoms with Gasteiger partial charge in [-0.05, 0) is 56.7 Å². The number of fused-ring (bicyclic) bond motifs is 1.